The summed E-state index contributed by atoms with van der Waals surface area (Å²) in [5, 5.41) is 3.93. The van der Waals surface area contributed by atoms with Crippen LogP contribution in [0.1, 0.15) is 15.9 Å². The van der Waals surface area contributed by atoms with Gasteiger partial charge in [-0.3, -0.25) is 4.79 Å². The molecule has 0 spiro atoms. The first-order valence-corrected chi connectivity index (χ1v) is 5.64. The van der Waals surface area contributed by atoms with Gasteiger partial charge >= 0.3 is 0 Å². The van der Waals surface area contributed by atoms with Gasteiger partial charge in [0.2, 0.25) is 0 Å². The highest BCUT2D eigenvalue weighted by atomic mass is 32.2. The largest absolute Gasteiger partial charge is 0.293 e. The van der Waals surface area contributed by atoms with E-state index in [0.717, 1.165) is 11.1 Å². The molecule has 1 heterocycles. The summed E-state index contributed by atoms with van der Waals surface area (Å²) in [4.78, 5) is 11.3. The van der Waals surface area contributed by atoms with Crippen LogP contribution in [0.5, 0.6) is 0 Å². The summed E-state index contributed by atoms with van der Waals surface area (Å²) in [5.41, 5.74) is 2.00. The Kier molecular flexibility index (Phi) is 3.15. The molecule has 60 valence electrons. The molecule has 0 N–H and O–H groups in total. The molecule has 0 bridgehead atoms. The number of thioether (sulfide) groups is 1. The van der Waals surface area contributed by atoms with E-state index in [2.05, 4.69) is 0 Å². The lowest BCUT2D eigenvalue weighted by molar-refractivity contribution is 0.102. The van der Waals surface area contributed by atoms with Crippen molar-refractivity contribution in [3.05, 3.63) is 21.9 Å². The predicted molar refractivity (Wildman–Crippen MR) is 51.8 cm³/mol. The van der Waals surface area contributed by atoms with Crippen LogP contribution in [0.3, 0.4) is 0 Å². The molecule has 0 aliphatic heterocycles. The first kappa shape index (κ1) is 8.81. The highest BCUT2D eigenvalue weighted by Gasteiger charge is 2.07. The topological polar surface area (TPSA) is 17.1 Å². The van der Waals surface area contributed by atoms with Gasteiger partial charge in [-0.05, 0) is 24.1 Å². The zero-order valence-corrected chi connectivity index (χ0v) is 8.22. The monoisotopic (exact) mass is 186 g/mol. The van der Waals surface area contributed by atoms with Gasteiger partial charge in [0.1, 0.15) is 0 Å². The Morgan fingerprint density at radius 2 is 2.36 bits per heavy atom. The molecule has 1 aromatic heterocycles. The summed E-state index contributed by atoms with van der Waals surface area (Å²) in [7, 11) is 0. The van der Waals surface area contributed by atoms with Crippen LogP contribution in [0.4, 0.5) is 0 Å². The summed E-state index contributed by atoms with van der Waals surface area (Å²) in [5.74, 6) is 0.841. The maximum absolute atomic E-state index is 11.3. The highest BCUT2D eigenvalue weighted by molar-refractivity contribution is 7.99. The maximum atomic E-state index is 11.3. The molecule has 0 radical (unpaired) electrons. The van der Waals surface area contributed by atoms with Crippen molar-refractivity contribution < 1.29 is 4.79 Å². The average molecular weight is 186 g/mol. The Labute approximate surface area is 74.8 Å². The molecule has 0 saturated carbocycles. The summed E-state index contributed by atoms with van der Waals surface area (Å²) in [6, 6.07) is 0. The lowest BCUT2D eigenvalue weighted by Crippen LogP contribution is -2.01. The number of ketones is 1. The van der Waals surface area contributed by atoms with Crippen LogP contribution in [0, 0.1) is 6.92 Å². The van der Waals surface area contributed by atoms with Gasteiger partial charge < -0.3 is 0 Å². The first-order chi connectivity index (χ1) is 5.25. The molecule has 0 unspecified atom stereocenters. The Morgan fingerprint density at radius 1 is 1.64 bits per heavy atom. The molecule has 1 aromatic rings. The van der Waals surface area contributed by atoms with Crippen molar-refractivity contribution in [2.75, 3.05) is 12.0 Å². The van der Waals surface area contributed by atoms with E-state index in [0.29, 0.717) is 5.75 Å². The molecule has 0 atom stereocenters. The number of hydrogen-bond acceptors (Lipinski definition) is 3. The Hall–Kier alpha value is -0.280. The minimum atomic E-state index is 0.247. The number of aryl methyl sites for hydroxylation is 1. The number of rotatable bonds is 3. The predicted octanol–water partition coefficient (Wildman–Crippen LogP) is 2.60. The normalized spacial score (nSPS) is 10.0. The minimum absolute atomic E-state index is 0.247. The summed E-state index contributed by atoms with van der Waals surface area (Å²) in [6.07, 6.45) is 1.94. The second-order valence-electron chi connectivity index (χ2n) is 2.32. The number of carbonyl (C=O) groups excluding carboxylic acids is 1. The number of Topliss-reactive ketones (excluding diaryl/α,β-unsaturated/α-hetero) is 1. The molecule has 0 saturated heterocycles. The van der Waals surface area contributed by atoms with Gasteiger partial charge in [0.25, 0.3) is 0 Å². The maximum Gasteiger partial charge on any atom is 0.173 e. The van der Waals surface area contributed by atoms with Crippen molar-refractivity contribution in [2.24, 2.45) is 0 Å². The van der Waals surface area contributed by atoms with E-state index in [9.17, 15) is 4.79 Å². The van der Waals surface area contributed by atoms with Crippen molar-refractivity contribution >= 4 is 28.9 Å². The second kappa shape index (κ2) is 3.93. The molecular formula is C8H10OS2. The van der Waals surface area contributed by atoms with E-state index < -0.39 is 0 Å². The zero-order chi connectivity index (χ0) is 8.27. The zero-order valence-electron chi connectivity index (χ0n) is 6.59. The summed E-state index contributed by atoms with van der Waals surface area (Å²) >= 11 is 3.16. The Bertz CT molecular complexity index is 252. The molecule has 3 heteroatoms. The van der Waals surface area contributed by atoms with Gasteiger partial charge in [0, 0.05) is 10.9 Å². The minimum Gasteiger partial charge on any atom is -0.293 e. The summed E-state index contributed by atoms with van der Waals surface area (Å²) < 4.78 is 0. The molecule has 0 aliphatic carbocycles. The van der Waals surface area contributed by atoms with Crippen molar-refractivity contribution in [1.82, 2.24) is 0 Å². The average Bonchev–Trinajstić information content (AvgIpc) is 2.36. The first-order valence-electron chi connectivity index (χ1n) is 3.30. The molecule has 0 aliphatic rings. The van der Waals surface area contributed by atoms with Crippen LogP contribution in [-0.4, -0.2) is 17.8 Å². The van der Waals surface area contributed by atoms with E-state index in [4.69, 9.17) is 0 Å². The molecule has 1 rings (SSSR count). The lowest BCUT2D eigenvalue weighted by Gasteiger charge is -1.95. The smallest absolute Gasteiger partial charge is 0.173 e. The lowest BCUT2D eigenvalue weighted by atomic mass is 10.1. The van der Waals surface area contributed by atoms with Gasteiger partial charge in [0.15, 0.2) is 5.78 Å². The van der Waals surface area contributed by atoms with Gasteiger partial charge in [-0.25, -0.2) is 0 Å². The molecule has 0 fully saturated rings. The second-order valence-corrected chi connectivity index (χ2v) is 3.93. The quantitative estimate of drug-likeness (QED) is 0.675. The molecular weight excluding hydrogens is 176 g/mol. The number of carbonyl (C=O) groups is 1. The van der Waals surface area contributed by atoms with E-state index >= 15 is 0 Å². The summed E-state index contributed by atoms with van der Waals surface area (Å²) in [6.45, 7) is 1.98. The van der Waals surface area contributed by atoms with Crippen LogP contribution in [0.15, 0.2) is 10.8 Å². The fourth-order valence-corrected chi connectivity index (χ4v) is 2.13. The molecule has 0 aromatic carbocycles. The third kappa shape index (κ3) is 2.07. The fourth-order valence-electron chi connectivity index (χ4n) is 0.855. The molecule has 0 amide bonds. The fraction of sp³-hybridized carbons (Fsp3) is 0.375. The third-order valence-corrected chi connectivity index (χ3v) is 2.84. The van der Waals surface area contributed by atoms with Crippen LogP contribution >= 0.6 is 23.1 Å². The third-order valence-electron chi connectivity index (χ3n) is 1.43. The number of hydrogen-bond donors (Lipinski definition) is 0. The standard InChI is InChI=1S/C8H10OS2/c1-6-3-11-4-7(6)8(9)5-10-2/h3-4H,5H2,1-2H3. The number of thiophene rings is 1. The SMILES string of the molecule is CSCC(=O)c1cscc1C. The van der Waals surface area contributed by atoms with E-state index in [1.54, 1.807) is 23.1 Å². The van der Waals surface area contributed by atoms with Gasteiger partial charge in [-0.2, -0.15) is 23.1 Å². The van der Waals surface area contributed by atoms with Crippen molar-refractivity contribution in [3.63, 3.8) is 0 Å². The van der Waals surface area contributed by atoms with E-state index in [1.807, 2.05) is 23.9 Å². The van der Waals surface area contributed by atoms with Gasteiger partial charge in [-0.1, -0.05) is 0 Å². The highest BCUT2D eigenvalue weighted by Crippen LogP contribution is 2.15. The van der Waals surface area contributed by atoms with Crippen molar-refractivity contribution in [1.29, 1.82) is 0 Å². The van der Waals surface area contributed by atoms with Crippen LogP contribution in [-0.2, 0) is 0 Å². The Morgan fingerprint density at radius 3 is 2.82 bits per heavy atom. The van der Waals surface area contributed by atoms with Crippen LogP contribution in [0.25, 0.3) is 0 Å². The van der Waals surface area contributed by atoms with Crippen molar-refractivity contribution in [2.45, 2.75) is 6.92 Å². The Balaban J connectivity index is 2.76. The van der Waals surface area contributed by atoms with Crippen LogP contribution < -0.4 is 0 Å². The molecule has 11 heavy (non-hydrogen) atoms. The van der Waals surface area contributed by atoms with Crippen molar-refractivity contribution in [3.8, 4) is 0 Å². The van der Waals surface area contributed by atoms with Gasteiger partial charge in [-0.15, -0.1) is 0 Å². The van der Waals surface area contributed by atoms with E-state index in [1.165, 1.54) is 0 Å². The van der Waals surface area contributed by atoms with Crippen LogP contribution in [0.2, 0.25) is 0 Å². The van der Waals surface area contributed by atoms with E-state index in [-0.39, 0.29) is 5.78 Å². The van der Waals surface area contributed by atoms with Gasteiger partial charge in [0.05, 0.1) is 5.75 Å². The molecule has 1 nitrogen and oxygen atoms in total.